The Morgan fingerprint density at radius 1 is 0.973 bits per heavy atom. The standard InChI is InChI=1S/C29H32N4O4/c1-29(2,3)26(28(36)31-4)32-27(35)24(16-25(34)37-19-21-8-6-5-7-9-21)33-15-14-23(18-33)22-12-10-20(17-30)11-13-22/h5-15,18,24,26H,16,19H2,1-4H3,(H,31,36)(H,32,35)/t24?,26-/m1/s1. The van der Waals surface area contributed by atoms with Crippen LogP contribution in [0.5, 0.6) is 0 Å². The molecule has 2 aromatic carbocycles. The number of hydrogen-bond donors (Lipinski definition) is 2. The average Bonchev–Trinajstić information content (AvgIpc) is 3.38. The number of aromatic nitrogens is 1. The van der Waals surface area contributed by atoms with E-state index in [9.17, 15) is 14.4 Å². The maximum absolute atomic E-state index is 13.5. The smallest absolute Gasteiger partial charge is 0.308 e. The Morgan fingerprint density at radius 2 is 1.65 bits per heavy atom. The molecule has 0 bridgehead atoms. The van der Waals surface area contributed by atoms with Crippen molar-refractivity contribution >= 4 is 17.8 Å². The second kappa shape index (κ2) is 12.0. The van der Waals surface area contributed by atoms with Gasteiger partial charge in [0.25, 0.3) is 0 Å². The van der Waals surface area contributed by atoms with Crippen LogP contribution in [-0.4, -0.2) is 35.4 Å². The number of carbonyl (C=O) groups is 3. The zero-order valence-corrected chi connectivity index (χ0v) is 21.5. The monoisotopic (exact) mass is 500 g/mol. The van der Waals surface area contributed by atoms with Gasteiger partial charge in [-0.15, -0.1) is 0 Å². The first-order valence-corrected chi connectivity index (χ1v) is 12.0. The Kier molecular flexibility index (Phi) is 8.86. The molecule has 2 N–H and O–H groups in total. The molecule has 0 saturated heterocycles. The zero-order chi connectivity index (χ0) is 27.0. The first-order valence-electron chi connectivity index (χ1n) is 12.0. The summed E-state index contributed by atoms with van der Waals surface area (Å²) < 4.78 is 7.09. The molecule has 1 aromatic heterocycles. The van der Waals surface area contributed by atoms with Crippen LogP contribution in [0.1, 0.15) is 44.4 Å². The minimum atomic E-state index is -0.940. The predicted octanol–water partition coefficient (Wildman–Crippen LogP) is 3.98. The first kappa shape index (κ1) is 27.2. The van der Waals surface area contributed by atoms with Gasteiger partial charge in [-0.3, -0.25) is 14.4 Å². The second-order valence-corrected chi connectivity index (χ2v) is 9.82. The molecule has 3 rings (SSSR count). The Bertz CT molecular complexity index is 1270. The topological polar surface area (TPSA) is 113 Å². The van der Waals surface area contributed by atoms with Crippen molar-refractivity contribution in [3.8, 4) is 17.2 Å². The van der Waals surface area contributed by atoms with Crippen LogP contribution >= 0.6 is 0 Å². The number of amides is 2. The fraction of sp³-hybridized carbons (Fsp3) is 0.310. The Labute approximate surface area is 217 Å². The molecule has 8 nitrogen and oxygen atoms in total. The van der Waals surface area contributed by atoms with Crippen molar-refractivity contribution in [2.24, 2.45) is 5.41 Å². The summed E-state index contributed by atoms with van der Waals surface area (Å²) >= 11 is 0. The van der Waals surface area contributed by atoms with Gasteiger partial charge < -0.3 is 19.9 Å². The lowest BCUT2D eigenvalue weighted by atomic mass is 9.86. The molecule has 192 valence electrons. The van der Waals surface area contributed by atoms with E-state index in [4.69, 9.17) is 10.00 Å². The molecule has 37 heavy (non-hydrogen) atoms. The summed E-state index contributed by atoms with van der Waals surface area (Å²) in [5, 5.41) is 14.5. The van der Waals surface area contributed by atoms with E-state index in [0.29, 0.717) is 5.56 Å². The molecule has 3 aromatic rings. The van der Waals surface area contributed by atoms with E-state index < -0.39 is 29.4 Å². The van der Waals surface area contributed by atoms with Gasteiger partial charge >= 0.3 is 5.97 Å². The summed E-state index contributed by atoms with van der Waals surface area (Å²) in [6, 6.07) is 18.5. The summed E-state index contributed by atoms with van der Waals surface area (Å²) in [7, 11) is 1.52. The van der Waals surface area contributed by atoms with Crippen LogP contribution in [0.4, 0.5) is 0 Å². The van der Waals surface area contributed by atoms with Crippen LogP contribution in [0.2, 0.25) is 0 Å². The van der Waals surface area contributed by atoms with Gasteiger partial charge in [0, 0.05) is 19.4 Å². The molecule has 0 aliphatic carbocycles. The number of benzene rings is 2. The molecule has 1 unspecified atom stereocenters. The fourth-order valence-electron chi connectivity index (χ4n) is 3.86. The normalized spacial score (nSPS) is 12.6. The number of ether oxygens (including phenoxy) is 1. The summed E-state index contributed by atoms with van der Waals surface area (Å²) in [5.74, 6) is -1.33. The van der Waals surface area contributed by atoms with Crippen molar-refractivity contribution in [1.29, 1.82) is 5.26 Å². The van der Waals surface area contributed by atoms with Crippen LogP contribution < -0.4 is 10.6 Å². The van der Waals surface area contributed by atoms with Gasteiger partial charge in [0.05, 0.1) is 18.1 Å². The minimum absolute atomic E-state index is 0.0963. The summed E-state index contributed by atoms with van der Waals surface area (Å²) in [6.07, 6.45) is 3.26. The van der Waals surface area contributed by atoms with Gasteiger partial charge in [0.15, 0.2) is 0 Å². The van der Waals surface area contributed by atoms with Crippen molar-refractivity contribution < 1.29 is 19.1 Å². The van der Waals surface area contributed by atoms with Crippen LogP contribution in [-0.2, 0) is 25.7 Å². The highest BCUT2D eigenvalue weighted by atomic mass is 16.5. The van der Waals surface area contributed by atoms with Gasteiger partial charge in [-0.05, 0) is 40.3 Å². The minimum Gasteiger partial charge on any atom is -0.461 e. The maximum atomic E-state index is 13.5. The van der Waals surface area contributed by atoms with E-state index in [1.54, 1.807) is 29.1 Å². The van der Waals surface area contributed by atoms with E-state index in [1.807, 2.05) is 69.3 Å². The van der Waals surface area contributed by atoms with Crippen LogP contribution in [0.25, 0.3) is 11.1 Å². The molecule has 0 saturated carbocycles. The lowest BCUT2D eigenvalue weighted by Gasteiger charge is -2.31. The summed E-state index contributed by atoms with van der Waals surface area (Å²) in [5.41, 5.74) is 2.51. The maximum Gasteiger partial charge on any atom is 0.308 e. The molecule has 0 aliphatic rings. The molecule has 1 heterocycles. The number of esters is 1. The number of nitriles is 1. The van der Waals surface area contributed by atoms with Crippen molar-refractivity contribution in [3.05, 3.63) is 84.2 Å². The highest BCUT2D eigenvalue weighted by Gasteiger charge is 2.35. The lowest BCUT2D eigenvalue weighted by molar-refractivity contribution is -0.148. The SMILES string of the molecule is CNC(=O)[C@@H](NC(=O)C(CC(=O)OCc1ccccc1)n1ccc(-c2ccc(C#N)cc2)c1)C(C)(C)C. The van der Waals surface area contributed by atoms with Gasteiger partial charge in [-0.2, -0.15) is 5.26 Å². The number of likely N-dealkylation sites (N-methyl/N-ethyl adjacent to an activating group) is 1. The second-order valence-electron chi connectivity index (χ2n) is 9.82. The molecule has 2 atom stereocenters. The Hall–Kier alpha value is -4.38. The number of nitrogens with zero attached hydrogens (tertiary/aromatic N) is 2. The van der Waals surface area contributed by atoms with Crippen LogP contribution in [0.15, 0.2) is 73.1 Å². The highest BCUT2D eigenvalue weighted by Crippen LogP contribution is 2.25. The molecule has 0 aliphatic heterocycles. The third kappa shape index (κ3) is 7.31. The van der Waals surface area contributed by atoms with E-state index in [1.165, 1.54) is 7.05 Å². The van der Waals surface area contributed by atoms with Crippen LogP contribution in [0.3, 0.4) is 0 Å². The molecular weight excluding hydrogens is 468 g/mol. The Balaban J connectivity index is 1.85. The van der Waals surface area contributed by atoms with Crippen molar-refractivity contribution in [2.75, 3.05) is 7.05 Å². The number of rotatable bonds is 9. The highest BCUT2D eigenvalue weighted by molar-refractivity contribution is 5.91. The molecule has 0 fully saturated rings. The predicted molar refractivity (Wildman–Crippen MR) is 140 cm³/mol. The van der Waals surface area contributed by atoms with E-state index >= 15 is 0 Å². The van der Waals surface area contributed by atoms with Crippen molar-refractivity contribution in [1.82, 2.24) is 15.2 Å². The first-order chi connectivity index (χ1) is 17.6. The largest absolute Gasteiger partial charge is 0.461 e. The number of hydrogen-bond acceptors (Lipinski definition) is 5. The molecule has 0 spiro atoms. The van der Waals surface area contributed by atoms with Gasteiger partial charge in [0.1, 0.15) is 18.7 Å². The quantitative estimate of drug-likeness (QED) is 0.432. The third-order valence-corrected chi connectivity index (χ3v) is 5.99. The van der Waals surface area contributed by atoms with E-state index in [2.05, 4.69) is 16.7 Å². The molecule has 8 heteroatoms. The number of nitrogens with one attached hydrogen (secondary N) is 2. The fourth-order valence-corrected chi connectivity index (χ4v) is 3.86. The molecule has 0 radical (unpaired) electrons. The van der Waals surface area contributed by atoms with Crippen LogP contribution in [0, 0.1) is 16.7 Å². The Morgan fingerprint density at radius 3 is 2.24 bits per heavy atom. The molecule has 2 amide bonds. The van der Waals surface area contributed by atoms with Gasteiger partial charge in [-0.1, -0.05) is 63.2 Å². The van der Waals surface area contributed by atoms with Gasteiger partial charge in [0.2, 0.25) is 11.8 Å². The average molecular weight is 501 g/mol. The van der Waals surface area contributed by atoms with E-state index in [0.717, 1.165) is 16.7 Å². The van der Waals surface area contributed by atoms with Gasteiger partial charge in [-0.25, -0.2) is 0 Å². The lowest BCUT2D eigenvalue weighted by Crippen LogP contribution is -2.54. The zero-order valence-electron chi connectivity index (χ0n) is 21.5. The van der Waals surface area contributed by atoms with E-state index in [-0.39, 0.29) is 18.9 Å². The third-order valence-electron chi connectivity index (χ3n) is 5.99. The number of carbonyl (C=O) groups excluding carboxylic acids is 3. The summed E-state index contributed by atoms with van der Waals surface area (Å²) in [6.45, 7) is 5.66. The van der Waals surface area contributed by atoms with Crippen molar-refractivity contribution in [3.63, 3.8) is 0 Å². The molecular formula is C29H32N4O4. The van der Waals surface area contributed by atoms with Crippen molar-refractivity contribution in [2.45, 2.75) is 45.9 Å². The summed E-state index contributed by atoms with van der Waals surface area (Å²) in [4.78, 5) is 38.8.